The standard InChI is InChI=1S/C12H11NO/c1-8-9(2)14-12-4-3-10(5-6-13)7-11(8)12/h3-4,7H,5H2,1-2H3. The predicted molar refractivity (Wildman–Crippen MR) is 55.0 cm³/mol. The van der Waals surface area contributed by atoms with Gasteiger partial charge in [0.15, 0.2) is 0 Å². The summed E-state index contributed by atoms with van der Waals surface area (Å²) in [6.07, 6.45) is 0.458. The van der Waals surface area contributed by atoms with Gasteiger partial charge in [-0.1, -0.05) is 6.07 Å². The second-order valence-electron chi connectivity index (χ2n) is 3.45. The number of fused-ring (bicyclic) bond motifs is 1. The van der Waals surface area contributed by atoms with Crippen LogP contribution in [0.3, 0.4) is 0 Å². The van der Waals surface area contributed by atoms with E-state index in [-0.39, 0.29) is 0 Å². The molecule has 1 heterocycles. The molecule has 1 aromatic heterocycles. The van der Waals surface area contributed by atoms with E-state index < -0.39 is 0 Å². The van der Waals surface area contributed by atoms with Crippen molar-refractivity contribution in [2.75, 3.05) is 0 Å². The van der Waals surface area contributed by atoms with Crippen molar-refractivity contribution in [2.45, 2.75) is 20.3 Å². The Labute approximate surface area is 82.8 Å². The largest absolute Gasteiger partial charge is 0.461 e. The van der Waals surface area contributed by atoms with Crippen LogP contribution in [-0.2, 0) is 6.42 Å². The number of rotatable bonds is 1. The predicted octanol–water partition coefficient (Wildman–Crippen LogP) is 3.12. The Morgan fingerprint density at radius 1 is 1.36 bits per heavy atom. The number of benzene rings is 1. The first kappa shape index (κ1) is 8.83. The van der Waals surface area contributed by atoms with Gasteiger partial charge in [0, 0.05) is 5.39 Å². The first-order valence-corrected chi connectivity index (χ1v) is 4.58. The molecule has 0 aliphatic heterocycles. The molecular formula is C12H11NO. The Bertz CT molecular complexity index is 517. The fraction of sp³-hybridized carbons (Fsp3) is 0.250. The van der Waals surface area contributed by atoms with Crippen LogP contribution >= 0.6 is 0 Å². The van der Waals surface area contributed by atoms with Gasteiger partial charge in [-0.15, -0.1) is 0 Å². The highest BCUT2D eigenvalue weighted by molar-refractivity contribution is 5.82. The van der Waals surface area contributed by atoms with Crippen molar-refractivity contribution in [3.63, 3.8) is 0 Å². The SMILES string of the molecule is Cc1oc2ccc(CC#N)cc2c1C. The Morgan fingerprint density at radius 2 is 2.14 bits per heavy atom. The number of nitrogens with zero attached hydrogens (tertiary/aromatic N) is 1. The van der Waals surface area contributed by atoms with Crippen LogP contribution in [0.1, 0.15) is 16.9 Å². The molecule has 0 aliphatic carbocycles. The second-order valence-corrected chi connectivity index (χ2v) is 3.45. The molecular weight excluding hydrogens is 174 g/mol. The molecule has 1 aromatic carbocycles. The lowest BCUT2D eigenvalue weighted by atomic mass is 10.1. The molecule has 70 valence electrons. The van der Waals surface area contributed by atoms with Crippen LogP contribution in [0.15, 0.2) is 22.6 Å². The van der Waals surface area contributed by atoms with Gasteiger partial charge >= 0.3 is 0 Å². The highest BCUT2D eigenvalue weighted by atomic mass is 16.3. The molecule has 0 amide bonds. The molecule has 0 atom stereocenters. The molecule has 2 nitrogen and oxygen atoms in total. The van der Waals surface area contributed by atoms with Crippen molar-refractivity contribution in [1.82, 2.24) is 0 Å². The average molecular weight is 185 g/mol. The second kappa shape index (κ2) is 3.19. The van der Waals surface area contributed by atoms with Gasteiger partial charge < -0.3 is 4.42 Å². The summed E-state index contributed by atoms with van der Waals surface area (Å²) in [5, 5.41) is 9.71. The van der Waals surface area contributed by atoms with E-state index in [0.717, 1.165) is 22.3 Å². The topological polar surface area (TPSA) is 36.9 Å². The van der Waals surface area contributed by atoms with E-state index in [1.807, 2.05) is 32.0 Å². The maximum Gasteiger partial charge on any atom is 0.134 e. The molecule has 0 bridgehead atoms. The molecule has 0 saturated carbocycles. The minimum absolute atomic E-state index is 0.458. The van der Waals surface area contributed by atoms with Crippen LogP contribution in [0, 0.1) is 25.2 Å². The first-order valence-electron chi connectivity index (χ1n) is 4.58. The average Bonchev–Trinajstić information content (AvgIpc) is 2.45. The highest BCUT2D eigenvalue weighted by Crippen LogP contribution is 2.25. The summed E-state index contributed by atoms with van der Waals surface area (Å²) in [6, 6.07) is 8.05. The number of hydrogen-bond acceptors (Lipinski definition) is 2. The van der Waals surface area contributed by atoms with Gasteiger partial charge in [0.1, 0.15) is 11.3 Å². The fourth-order valence-electron chi connectivity index (χ4n) is 1.59. The van der Waals surface area contributed by atoms with Crippen LogP contribution in [0.2, 0.25) is 0 Å². The van der Waals surface area contributed by atoms with E-state index >= 15 is 0 Å². The Kier molecular flexibility index (Phi) is 2.01. The van der Waals surface area contributed by atoms with Crippen molar-refractivity contribution in [3.8, 4) is 6.07 Å². The molecule has 0 unspecified atom stereocenters. The summed E-state index contributed by atoms with van der Waals surface area (Å²) >= 11 is 0. The van der Waals surface area contributed by atoms with Crippen molar-refractivity contribution in [2.24, 2.45) is 0 Å². The normalized spacial score (nSPS) is 10.4. The van der Waals surface area contributed by atoms with Crippen LogP contribution in [-0.4, -0.2) is 0 Å². The van der Waals surface area contributed by atoms with Crippen molar-refractivity contribution in [1.29, 1.82) is 5.26 Å². The molecule has 14 heavy (non-hydrogen) atoms. The van der Waals surface area contributed by atoms with E-state index in [0.29, 0.717) is 6.42 Å². The molecule has 2 heteroatoms. The zero-order chi connectivity index (χ0) is 10.1. The van der Waals surface area contributed by atoms with Crippen molar-refractivity contribution in [3.05, 3.63) is 35.1 Å². The molecule has 2 rings (SSSR count). The Balaban J connectivity index is 2.65. The first-order chi connectivity index (χ1) is 6.72. The van der Waals surface area contributed by atoms with Gasteiger partial charge in [-0.2, -0.15) is 5.26 Å². The van der Waals surface area contributed by atoms with Gasteiger partial charge in [-0.05, 0) is 37.1 Å². The lowest BCUT2D eigenvalue weighted by molar-refractivity contribution is 0.575. The summed E-state index contributed by atoms with van der Waals surface area (Å²) < 4.78 is 5.55. The molecule has 2 aromatic rings. The third-order valence-corrected chi connectivity index (χ3v) is 2.52. The van der Waals surface area contributed by atoms with Crippen molar-refractivity contribution < 1.29 is 4.42 Å². The van der Waals surface area contributed by atoms with Gasteiger partial charge in [0.05, 0.1) is 12.5 Å². The molecule has 0 spiro atoms. The minimum atomic E-state index is 0.458. The smallest absolute Gasteiger partial charge is 0.134 e. The third kappa shape index (κ3) is 1.27. The zero-order valence-electron chi connectivity index (χ0n) is 8.29. The fourth-order valence-corrected chi connectivity index (χ4v) is 1.59. The maximum absolute atomic E-state index is 8.59. The van der Waals surface area contributed by atoms with Gasteiger partial charge in [-0.25, -0.2) is 0 Å². The van der Waals surface area contributed by atoms with Gasteiger partial charge in [0.25, 0.3) is 0 Å². The summed E-state index contributed by atoms with van der Waals surface area (Å²) in [4.78, 5) is 0. The molecule has 0 N–H and O–H groups in total. The number of hydrogen-bond donors (Lipinski definition) is 0. The molecule has 0 radical (unpaired) electrons. The van der Waals surface area contributed by atoms with E-state index in [4.69, 9.17) is 9.68 Å². The summed E-state index contributed by atoms with van der Waals surface area (Å²) in [5.74, 6) is 0.953. The monoisotopic (exact) mass is 185 g/mol. The third-order valence-electron chi connectivity index (χ3n) is 2.52. The molecule has 0 saturated heterocycles. The van der Waals surface area contributed by atoms with E-state index in [9.17, 15) is 0 Å². The summed E-state index contributed by atoms with van der Waals surface area (Å²) in [6.45, 7) is 4.00. The van der Waals surface area contributed by atoms with E-state index in [1.54, 1.807) is 0 Å². The van der Waals surface area contributed by atoms with Crippen LogP contribution in [0.5, 0.6) is 0 Å². The van der Waals surface area contributed by atoms with E-state index in [1.165, 1.54) is 5.56 Å². The lowest BCUT2D eigenvalue weighted by Gasteiger charge is -1.94. The number of aryl methyl sites for hydroxylation is 2. The van der Waals surface area contributed by atoms with Crippen LogP contribution in [0.4, 0.5) is 0 Å². The Morgan fingerprint density at radius 3 is 2.86 bits per heavy atom. The summed E-state index contributed by atoms with van der Waals surface area (Å²) in [5.41, 5.74) is 3.12. The van der Waals surface area contributed by atoms with Crippen molar-refractivity contribution >= 4 is 11.0 Å². The lowest BCUT2D eigenvalue weighted by Crippen LogP contribution is -1.80. The van der Waals surface area contributed by atoms with Gasteiger partial charge in [0.2, 0.25) is 0 Å². The number of nitriles is 1. The summed E-state index contributed by atoms with van der Waals surface area (Å²) in [7, 11) is 0. The molecule has 0 fully saturated rings. The maximum atomic E-state index is 8.59. The Hall–Kier alpha value is -1.75. The number of furan rings is 1. The molecule has 0 aliphatic rings. The van der Waals surface area contributed by atoms with Crippen LogP contribution in [0.25, 0.3) is 11.0 Å². The quantitative estimate of drug-likeness (QED) is 0.684. The highest BCUT2D eigenvalue weighted by Gasteiger charge is 2.06. The van der Waals surface area contributed by atoms with Crippen LogP contribution < -0.4 is 0 Å². The minimum Gasteiger partial charge on any atom is -0.461 e. The van der Waals surface area contributed by atoms with E-state index in [2.05, 4.69) is 6.07 Å². The zero-order valence-corrected chi connectivity index (χ0v) is 8.29. The van der Waals surface area contributed by atoms with Gasteiger partial charge in [-0.3, -0.25) is 0 Å².